The lowest BCUT2D eigenvalue weighted by molar-refractivity contribution is 0.590. The highest BCUT2D eigenvalue weighted by molar-refractivity contribution is 5.84. The van der Waals surface area contributed by atoms with Crippen molar-refractivity contribution in [1.29, 1.82) is 0 Å². The molecule has 4 rings (SSSR count). The highest BCUT2D eigenvalue weighted by atomic mass is 14.2. The molecule has 0 bridgehead atoms. The van der Waals surface area contributed by atoms with Gasteiger partial charge in [0.05, 0.1) is 0 Å². The van der Waals surface area contributed by atoms with Gasteiger partial charge < -0.3 is 0 Å². The summed E-state index contributed by atoms with van der Waals surface area (Å²) in [5, 5.41) is 0. The van der Waals surface area contributed by atoms with E-state index in [9.17, 15) is 0 Å². The minimum Gasteiger partial charge on any atom is -0.0619 e. The van der Waals surface area contributed by atoms with E-state index in [0.29, 0.717) is 0 Å². The molecule has 0 aliphatic heterocycles. The monoisotopic (exact) mass is 298 g/mol. The maximum atomic E-state index is 2.28. The summed E-state index contributed by atoms with van der Waals surface area (Å²) < 4.78 is 0. The number of hydrogen-bond acceptors (Lipinski definition) is 0. The summed E-state index contributed by atoms with van der Waals surface area (Å²) in [7, 11) is 0. The molecule has 114 valence electrons. The van der Waals surface area contributed by atoms with Gasteiger partial charge in [-0.2, -0.15) is 0 Å². The smallest absolute Gasteiger partial charge is 0.000729 e. The van der Waals surface area contributed by atoms with E-state index in [1.807, 2.05) is 0 Å². The number of fused-ring (bicyclic) bond motifs is 3. The normalized spacial score (nSPS) is 12.8. The first kappa shape index (κ1) is 14.3. The fraction of sp³-hybridized carbons (Fsp3) is 0.217. The Labute approximate surface area is 138 Å². The number of benzene rings is 3. The molecular formula is C23H22. The second kappa shape index (κ2) is 5.09. The van der Waals surface area contributed by atoms with Gasteiger partial charge in [-0.05, 0) is 50.8 Å². The van der Waals surface area contributed by atoms with Crippen molar-refractivity contribution in [1.82, 2.24) is 0 Å². The van der Waals surface area contributed by atoms with Gasteiger partial charge in [-0.15, -0.1) is 0 Å². The Hall–Kier alpha value is -2.34. The van der Waals surface area contributed by atoms with Crippen LogP contribution in [0.15, 0.2) is 66.7 Å². The van der Waals surface area contributed by atoms with E-state index in [4.69, 9.17) is 0 Å². The molecule has 0 saturated carbocycles. The average Bonchev–Trinajstić information content (AvgIpc) is 2.93. The molecule has 0 heterocycles. The molecule has 0 fully saturated rings. The standard InChI is InChI=1S/C23H22/c1-23(2,3)18-13-11-16(12-14-18)19-9-6-10-21-20-8-5-4-7-17(20)15-22(19)21/h4-14H,15H2,1-3H3. The van der Waals surface area contributed by atoms with Gasteiger partial charge >= 0.3 is 0 Å². The van der Waals surface area contributed by atoms with Crippen molar-refractivity contribution in [3.05, 3.63) is 83.4 Å². The zero-order chi connectivity index (χ0) is 16.0. The van der Waals surface area contributed by atoms with Crippen LogP contribution < -0.4 is 0 Å². The van der Waals surface area contributed by atoms with Crippen LogP contribution in [-0.2, 0) is 11.8 Å². The van der Waals surface area contributed by atoms with Crippen LogP contribution in [-0.4, -0.2) is 0 Å². The number of rotatable bonds is 1. The molecule has 3 aromatic rings. The van der Waals surface area contributed by atoms with Crippen LogP contribution in [0.2, 0.25) is 0 Å². The molecule has 23 heavy (non-hydrogen) atoms. The van der Waals surface area contributed by atoms with Gasteiger partial charge in [0.15, 0.2) is 0 Å². The van der Waals surface area contributed by atoms with E-state index >= 15 is 0 Å². The summed E-state index contributed by atoms with van der Waals surface area (Å²) in [5.41, 5.74) is 10.00. The van der Waals surface area contributed by atoms with Crippen LogP contribution in [0.3, 0.4) is 0 Å². The van der Waals surface area contributed by atoms with Gasteiger partial charge in [0.1, 0.15) is 0 Å². The van der Waals surface area contributed by atoms with Crippen LogP contribution in [0.25, 0.3) is 22.3 Å². The highest BCUT2D eigenvalue weighted by Crippen LogP contribution is 2.41. The van der Waals surface area contributed by atoms with Gasteiger partial charge in [0.25, 0.3) is 0 Å². The topological polar surface area (TPSA) is 0 Å². The third-order valence-corrected chi connectivity index (χ3v) is 4.91. The second-order valence-corrected chi connectivity index (χ2v) is 7.49. The van der Waals surface area contributed by atoms with Crippen LogP contribution in [0, 0.1) is 0 Å². The first-order valence-corrected chi connectivity index (χ1v) is 8.35. The molecule has 3 aromatic carbocycles. The fourth-order valence-corrected chi connectivity index (χ4v) is 3.58. The fourth-order valence-electron chi connectivity index (χ4n) is 3.58. The Morgan fingerprint density at radius 3 is 2.04 bits per heavy atom. The predicted molar refractivity (Wildman–Crippen MR) is 98.8 cm³/mol. The molecule has 0 atom stereocenters. The molecule has 0 aromatic heterocycles. The molecule has 0 radical (unpaired) electrons. The van der Waals surface area contributed by atoms with E-state index in [1.54, 1.807) is 0 Å². The summed E-state index contributed by atoms with van der Waals surface area (Å²) in [5.74, 6) is 0. The maximum absolute atomic E-state index is 2.28. The summed E-state index contributed by atoms with van der Waals surface area (Å²) in [6.07, 6.45) is 1.04. The van der Waals surface area contributed by atoms with E-state index < -0.39 is 0 Å². The molecule has 0 saturated heterocycles. The van der Waals surface area contributed by atoms with E-state index in [1.165, 1.54) is 38.9 Å². The van der Waals surface area contributed by atoms with Gasteiger partial charge in [0, 0.05) is 0 Å². The van der Waals surface area contributed by atoms with Crippen molar-refractivity contribution >= 4 is 0 Å². The van der Waals surface area contributed by atoms with Crippen molar-refractivity contribution < 1.29 is 0 Å². The highest BCUT2D eigenvalue weighted by Gasteiger charge is 2.21. The molecular weight excluding hydrogens is 276 g/mol. The zero-order valence-corrected chi connectivity index (χ0v) is 14.1. The molecule has 0 spiro atoms. The van der Waals surface area contributed by atoms with E-state index in [2.05, 4.69) is 87.5 Å². The minimum atomic E-state index is 0.202. The average molecular weight is 298 g/mol. The Bertz CT molecular complexity index is 861. The van der Waals surface area contributed by atoms with Crippen LogP contribution >= 0.6 is 0 Å². The van der Waals surface area contributed by atoms with E-state index in [0.717, 1.165) is 6.42 Å². The molecule has 0 unspecified atom stereocenters. The van der Waals surface area contributed by atoms with Crippen LogP contribution in [0.1, 0.15) is 37.5 Å². The van der Waals surface area contributed by atoms with Gasteiger partial charge in [0.2, 0.25) is 0 Å². The lowest BCUT2D eigenvalue weighted by Gasteiger charge is -2.19. The third kappa shape index (κ3) is 2.39. The largest absolute Gasteiger partial charge is 0.0619 e. The molecule has 1 aliphatic rings. The predicted octanol–water partition coefficient (Wildman–Crippen LogP) is 6.22. The molecule has 0 nitrogen and oxygen atoms in total. The molecule has 1 aliphatic carbocycles. The summed E-state index contributed by atoms with van der Waals surface area (Å²) >= 11 is 0. The van der Waals surface area contributed by atoms with Crippen LogP contribution in [0.4, 0.5) is 0 Å². The Balaban J connectivity index is 1.80. The quantitative estimate of drug-likeness (QED) is 0.391. The molecule has 0 amide bonds. The van der Waals surface area contributed by atoms with Gasteiger partial charge in [-0.3, -0.25) is 0 Å². The Morgan fingerprint density at radius 1 is 0.652 bits per heavy atom. The van der Waals surface area contributed by atoms with Crippen LogP contribution in [0.5, 0.6) is 0 Å². The Kier molecular flexibility index (Phi) is 3.16. The van der Waals surface area contributed by atoms with Gasteiger partial charge in [-0.25, -0.2) is 0 Å². The SMILES string of the molecule is CC(C)(C)c1ccc(-c2cccc3c2Cc2ccccc2-3)cc1. The first-order chi connectivity index (χ1) is 11.0. The minimum absolute atomic E-state index is 0.202. The van der Waals surface area contributed by atoms with Crippen molar-refractivity contribution in [2.45, 2.75) is 32.6 Å². The van der Waals surface area contributed by atoms with Crippen molar-refractivity contribution in [3.8, 4) is 22.3 Å². The number of hydrogen-bond donors (Lipinski definition) is 0. The Morgan fingerprint density at radius 2 is 1.30 bits per heavy atom. The zero-order valence-electron chi connectivity index (χ0n) is 14.1. The maximum Gasteiger partial charge on any atom is -0.000729 e. The lowest BCUT2D eigenvalue weighted by Crippen LogP contribution is -2.10. The molecule has 0 N–H and O–H groups in total. The lowest BCUT2D eigenvalue weighted by atomic mass is 9.85. The van der Waals surface area contributed by atoms with E-state index in [-0.39, 0.29) is 5.41 Å². The van der Waals surface area contributed by atoms with Crippen molar-refractivity contribution in [3.63, 3.8) is 0 Å². The van der Waals surface area contributed by atoms with Gasteiger partial charge in [-0.1, -0.05) is 87.5 Å². The first-order valence-electron chi connectivity index (χ1n) is 8.35. The second-order valence-electron chi connectivity index (χ2n) is 7.49. The molecule has 0 heteroatoms. The van der Waals surface area contributed by atoms with Crippen molar-refractivity contribution in [2.75, 3.05) is 0 Å². The third-order valence-electron chi connectivity index (χ3n) is 4.91. The summed E-state index contributed by atoms with van der Waals surface area (Å²) in [4.78, 5) is 0. The van der Waals surface area contributed by atoms with Crippen molar-refractivity contribution in [2.24, 2.45) is 0 Å². The summed E-state index contributed by atoms with van der Waals surface area (Å²) in [6, 6.07) is 24.6. The summed E-state index contributed by atoms with van der Waals surface area (Å²) in [6.45, 7) is 6.79.